The summed E-state index contributed by atoms with van der Waals surface area (Å²) in [6, 6.07) is 30.1. The molecule has 1 aromatic heterocycles. The topological polar surface area (TPSA) is 44.1 Å². The van der Waals surface area contributed by atoms with Crippen LogP contribution in [0.4, 0.5) is 0 Å². The minimum Gasteiger partial charge on any atom is -0.465 e. The summed E-state index contributed by atoms with van der Waals surface area (Å²) in [7, 11) is 1.38. The Morgan fingerprint density at radius 3 is 2.13 bits per heavy atom. The summed E-state index contributed by atoms with van der Waals surface area (Å²) in [4.78, 5) is 18.1. The van der Waals surface area contributed by atoms with Gasteiger partial charge in [0.2, 0.25) is 0 Å². The van der Waals surface area contributed by atoms with Gasteiger partial charge in [-0.15, -0.1) is 11.8 Å². The fourth-order valence-electron chi connectivity index (χ4n) is 4.40. The molecule has 0 fully saturated rings. The monoisotopic (exact) mass is 572 g/mol. The lowest BCUT2D eigenvalue weighted by atomic mass is 10.0. The molecule has 196 valence electrons. The molecule has 0 bridgehead atoms. The van der Waals surface area contributed by atoms with Crippen molar-refractivity contribution in [2.24, 2.45) is 0 Å². The summed E-state index contributed by atoms with van der Waals surface area (Å²) in [5.74, 6) is 0.554. The van der Waals surface area contributed by atoms with E-state index in [1.165, 1.54) is 23.1 Å². The van der Waals surface area contributed by atoms with Crippen LogP contribution in [0.3, 0.4) is 0 Å². The first-order valence-corrected chi connectivity index (χ1v) is 14.3. The van der Waals surface area contributed by atoms with E-state index in [1.807, 2.05) is 30.5 Å². The van der Waals surface area contributed by atoms with E-state index in [4.69, 9.17) is 32.9 Å². The molecule has 0 radical (unpaired) electrons. The molecular formula is C32H26Cl2N2O2S. The van der Waals surface area contributed by atoms with Crippen molar-refractivity contribution in [2.45, 2.75) is 17.9 Å². The van der Waals surface area contributed by atoms with Gasteiger partial charge in [-0.05, 0) is 71.0 Å². The number of esters is 1. The zero-order valence-corrected chi connectivity index (χ0v) is 23.9. The molecular weight excluding hydrogens is 547 g/mol. The largest absolute Gasteiger partial charge is 0.465 e. The first kappa shape index (κ1) is 27.1. The SMILES string of the molecule is COC(=O)c1ccc(Cn2cc(-c3ccc(Cl)cc3Cl)nc2Cc2ccc(-c3ccc(SC)cc3)cc2)cc1. The molecule has 0 amide bonds. The second-order valence-corrected chi connectivity index (χ2v) is 10.8. The Balaban J connectivity index is 1.44. The molecule has 0 unspecified atom stereocenters. The Morgan fingerprint density at radius 2 is 1.51 bits per heavy atom. The van der Waals surface area contributed by atoms with Crippen molar-refractivity contribution in [3.8, 4) is 22.4 Å². The quantitative estimate of drug-likeness (QED) is 0.138. The number of hydrogen-bond donors (Lipinski definition) is 0. The number of methoxy groups -OCH3 is 1. The first-order valence-electron chi connectivity index (χ1n) is 12.4. The third-order valence-corrected chi connectivity index (χ3v) is 7.83. The maximum absolute atomic E-state index is 11.8. The van der Waals surface area contributed by atoms with E-state index in [9.17, 15) is 4.79 Å². The molecule has 39 heavy (non-hydrogen) atoms. The Morgan fingerprint density at radius 1 is 0.872 bits per heavy atom. The number of ether oxygens (including phenoxy) is 1. The van der Waals surface area contributed by atoms with Crippen molar-refractivity contribution in [1.82, 2.24) is 9.55 Å². The summed E-state index contributed by atoms with van der Waals surface area (Å²) in [6.07, 6.45) is 4.74. The van der Waals surface area contributed by atoms with Gasteiger partial charge in [0.25, 0.3) is 0 Å². The van der Waals surface area contributed by atoms with Crippen LogP contribution >= 0.6 is 35.0 Å². The average molecular weight is 574 g/mol. The molecule has 0 atom stereocenters. The summed E-state index contributed by atoms with van der Waals surface area (Å²) in [6.45, 7) is 0.592. The number of carbonyl (C=O) groups is 1. The predicted octanol–water partition coefficient (Wildman–Crippen LogP) is 8.67. The number of hydrogen-bond acceptors (Lipinski definition) is 4. The number of aromatic nitrogens is 2. The van der Waals surface area contributed by atoms with Gasteiger partial charge in [-0.25, -0.2) is 9.78 Å². The summed E-state index contributed by atoms with van der Waals surface area (Å²) in [5.41, 5.74) is 6.68. The van der Waals surface area contributed by atoms with E-state index in [2.05, 4.69) is 59.4 Å². The third-order valence-electron chi connectivity index (χ3n) is 6.53. The van der Waals surface area contributed by atoms with Crippen molar-refractivity contribution in [2.75, 3.05) is 13.4 Å². The molecule has 1 heterocycles. The summed E-state index contributed by atoms with van der Waals surface area (Å²) in [5, 5.41) is 1.13. The Bertz CT molecular complexity index is 1600. The summed E-state index contributed by atoms with van der Waals surface area (Å²) < 4.78 is 6.95. The van der Waals surface area contributed by atoms with Crippen LogP contribution in [0.25, 0.3) is 22.4 Å². The molecule has 7 heteroatoms. The van der Waals surface area contributed by atoms with E-state index >= 15 is 0 Å². The standard InChI is InChI=1S/C32H26Cl2N2O2S/c1-38-32(37)25-9-5-22(6-10-25)19-36-20-30(28-16-13-26(33)18-29(28)34)35-31(36)17-21-3-7-23(8-4-21)24-11-14-27(39-2)15-12-24/h3-16,18,20H,17,19H2,1-2H3. The van der Waals surface area contributed by atoms with Crippen LogP contribution in [0.15, 0.2) is 102 Å². The molecule has 4 aromatic carbocycles. The van der Waals surface area contributed by atoms with Gasteiger partial charge in [0, 0.05) is 34.6 Å². The van der Waals surface area contributed by atoms with Crippen LogP contribution in [0.2, 0.25) is 10.0 Å². The summed E-state index contributed by atoms with van der Waals surface area (Å²) >= 11 is 14.4. The van der Waals surface area contributed by atoms with Crippen LogP contribution in [0.1, 0.15) is 27.3 Å². The van der Waals surface area contributed by atoms with Gasteiger partial charge in [-0.1, -0.05) is 71.7 Å². The van der Waals surface area contributed by atoms with Crippen LogP contribution < -0.4 is 0 Å². The van der Waals surface area contributed by atoms with Crippen LogP contribution in [0, 0.1) is 0 Å². The van der Waals surface area contributed by atoms with Gasteiger partial charge in [-0.3, -0.25) is 0 Å². The zero-order valence-electron chi connectivity index (χ0n) is 21.5. The number of carbonyl (C=O) groups excluding carboxylic acids is 1. The van der Waals surface area contributed by atoms with Gasteiger partial charge in [-0.2, -0.15) is 0 Å². The van der Waals surface area contributed by atoms with Gasteiger partial charge < -0.3 is 9.30 Å². The first-order chi connectivity index (χ1) is 18.9. The van der Waals surface area contributed by atoms with Gasteiger partial charge in [0.1, 0.15) is 5.82 Å². The van der Waals surface area contributed by atoms with Crippen molar-refractivity contribution in [3.05, 3.63) is 130 Å². The van der Waals surface area contributed by atoms with Gasteiger partial charge in [0.05, 0.1) is 23.4 Å². The van der Waals surface area contributed by atoms with Crippen LogP contribution in [-0.2, 0) is 17.7 Å². The predicted molar refractivity (Wildman–Crippen MR) is 161 cm³/mol. The Labute approximate surface area is 242 Å². The molecule has 0 N–H and O–H groups in total. The Hall–Kier alpha value is -3.51. The second kappa shape index (κ2) is 12.1. The van der Waals surface area contributed by atoms with Gasteiger partial charge in [0.15, 0.2) is 0 Å². The lowest BCUT2D eigenvalue weighted by molar-refractivity contribution is 0.0600. The average Bonchev–Trinajstić information content (AvgIpc) is 3.34. The van der Waals surface area contributed by atoms with E-state index in [-0.39, 0.29) is 5.97 Å². The molecule has 0 aliphatic rings. The van der Waals surface area contributed by atoms with E-state index in [1.54, 1.807) is 30.0 Å². The number of nitrogens with zero attached hydrogens (tertiary/aromatic N) is 2. The molecule has 0 aliphatic carbocycles. The number of benzene rings is 4. The smallest absolute Gasteiger partial charge is 0.337 e. The number of halogens is 2. The zero-order chi connectivity index (χ0) is 27.4. The molecule has 4 nitrogen and oxygen atoms in total. The third kappa shape index (κ3) is 6.39. The molecule has 0 spiro atoms. The molecule has 0 saturated carbocycles. The fraction of sp³-hybridized carbons (Fsp3) is 0.125. The molecule has 0 saturated heterocycles. The van der Waals surface area contributed by atoms with Gasteiger partial charge >= 0.3 is 5.97 Å². The Kier molecular flexibility index (Phi) is 8.41. The van der Waals surface area contributed by atoms with Crippen molar-refractivity contribution in [1.29, 1.82) is 0 Å². The van der Waals surface area contributed by atoms with Crippen LogP contribution in [0.5, 0.6) is 0 Å². The second-order valence-electron chi connectivity index (χ2n) is 9.09. The highest BCUT2D eigenvalue weighted by Crippen LogP contribution is 2.31. The number of thioether (sulfide) groups is 1. The van der Waals surface area contributed by atoms with Crippen LogP contribution in [-0.4, -0.2) is 28.9 Å². The number of imidazole rings is 1. The lowest BCUT2D eigenvalue weighted by Gasteiger charge is -2.10. The highest BCUT2D eigenvalue weighted by molar-refractivity contribution is 7.98. The minimum absolute atomic E-state index is 0.354. The van der Waals surface area contributed by atoms with E-state index < -0.39 is 0 Å². The van der Waals surface area contributed by atoms with E-state index in [0.29, 0.717) is 28.6 Å². The number of rotatable bonds is 8. The van der Waals surface area contributed by atoms with Crippen molar-refractivity contribution >= 4 is 40.9 Å². The lowest BCUT2D eigenvalue weighted by Crippen LogP contribution is -2.06. The minimum atomic E-state index is -0.354. The van der Waals surface area contributed by atoms with E-state index in [0.717, 1.165) is 28.2 Å². The van der Waals surface area contributed by atoms with Crippen molar-refractivity contribution in [3.63, 3.8) is 0 Å². The molecule has 5 aromatic rings. The molecule has 5 rings (SSSR count). The highest BCUT2D eigenvalue weighted by Gasteiger charge is 2.14. The fourth-order valence-corrected chi connectivity index (χ4v) is 5.31. The normalized spacial score (nSPS) is 11.0. The highest BCUT2D eigenvalue weighted by atomic mass is 35.5. The molecule has 0 aliphatic heterocycles. The van der Waals surface area contributed by atoms with Crippen molar-refractivity contribution < 1.29 is 9.53 Å². The maximum Gasteiger partial charge on any atom is 0.337 e. The maximum atomic E-state index is 11.8.